The monoisotopic (exact) mass is 399 g/mol. The first kappa shape index (κ1) is 22.8. The molecule has 1 aromatic heterocycles. The Labute approximate surface area is 173 Å². The van der Waals surface area contributed by atoms with Crippen LogP contribution < -0.4 is 0 Å². The molecule has 1 heterocycles. The van der Waals surface area contributed by atoms with Crippen molar-refractivity contribution in [3.8, 4) is 0 Å². The number of ether oxygens (including phenoxy) is 1. The topological polar surface area (TPSA) is 64.4 Å². The Balaban J connectivity index is 2.01. The van der Waals surface area contributed by atoms with Crippen molar-refractivity contribution in [2.75, 3.05) is 13.2 Å². The van der Waals surface area contributed by atoms with Gasteiger partial charge in [0.1, 0.15) is 18.2 Å². The van der Waals surface area contributed by atoms with Crippen molar-refractivity contribution in [3.05, 3.63) is 54.1 Å². The lowest BCUT2D eigenvalue weighted by molar-refractivity contribution is -0.139. The van der Waals surface area contributed by atoms with Crippen LogP contribution in [0.4, 0.5) is 0 Å². The van der Waals surface area contributed by atoms with Gasteiger partial charge in [-0.2, -0.15) is 0 Å². The van der Waals surface area contributed by atoms with E-state index in [0.717, 1.165) is 37.1 Å². The van der Waals surface area contributed by atoms with Gasteiger partial charge in [-0.15, -0.1) is 0 Å². The lowest BCUT2D eigenvalue weighted by Crippen LogP contribution is -2.46. The SMILES string of the molecule is Cc1nccn1CCCCN(C(=O)Cc1ccccc1)[C@H](C=O)COC(C)(C)C. The molecule has 1 amide bonds. The number of aryl methyl sites for hydroxylation is 2. The first-order valence-corrected chi connectivity index (χ1v) is 10.2. The Morgan fingerprint density at radius 3 is 2.55 bits per heavy atom. The highest BCUT2D eigenvalue weighted by Crippen LogP contribution is 2.13. The summed E-state index contributed by atoms with van der Waals surface area (Å²) in [7, 11) is 0. The fourth-order valence-corrected chi connectivity index (χ4v) is 3.09. The van der Waals surface area contributed by atoms with Crippen molar-refractivity contribution in [2.45, 2.75) is 65.1 Å². The molecule has 0 saturated carbocycles. The third-order valence-electron chi connectivity index (χ3n) is 4.73. The molecule has 29 heavy (non-hydrogen) atoms. The molecule has 0 bridgehead atoms. The van der Waals surface area contributed by atoms with E-state index in [1.807, 2.05) is 64.2 Å². The van der Waals surface area contributed by atoms with Crippen LogP contribution in [0.3, 0.4) is 0 Å². The van der Waals surface area contributed by atoms with Crippen LogP contribution in [0, 0.1) is 6.92 Å². The van der Waals surface area contributed by atoms with Crippen LogP contribution in [0.25, 0.3) is 0 Å². The van der Waals surface area contributed by atoms with E-state index in [-0.39, 0.29) is 24.5 Å². The summed E-state index contributed by atoms with van der Waals surface area (Å²) in [4.78, 5) is 30.7. The summed E-state index contributed by atoms with van der Waals surface area (Å²) < 4.78 is 7.90. The van der Waals surface area contributed by atoms with Gasteiger partial charge in [0.15, 0.2) is 0 Å². The second kappa shape index (κ2) is 10.9. The molecule has 0 saturated heterocycles. The average molecular weight is 400 g/mol. The van der Waals surface area contributed by atoms with Crippen LogP contribution in [0.2, 0.25) is 0 Å². The van der Waals surface area contributed by atoms with E-state index in [1.165, 1.54) is 0 Å². The largest absolute Gasteiger partial charge is 0.373 e. The van der Waals surface area contributed by atoms with E-state index < -0.39 is 6.04 Å². The molecule has 6 nitrogen and oxygen atoms in total. The number of aldehydes is 1. The van der Waals surface area contributed by atoms with Crippen LogP contribution in [-0.2, 0) is 27.3 Å². The van der Waals surface area contributed by atoms with Crippen molar-refractivity contribution in [3.63, 3.8) is 0 Å². The lowest BCUT2D eigenvalue weighted by atomic mass is 10.1. The molecule has 0 unspecified atom stereocenters. The van der Waals surface area contributed by atoms with Gasteiger partial charge in [-0.1, -0.05) is 30.3 Å². The van der Waals surface area contributed by atoms with Crippen molar-refractivity contribution in [1.29, 1.82) is 0 Å². The summed E-state index contributed by atoms with van der Waals surface area (Å²) in [5.74, 6) is 0.927. The van der Waals surface area contributed by atoms with Crippen LogP contribution >= 0.6 is 0 Å². The Bertz CT molecular complexity index is 765. The summed E-state index contributed by atoms with van der Waals surface area (Å²) in [5, 5.41) is 0. The maximum absolute atomic E-state index is 13.0. The van der Waals surface area contributed by atoms with Crippen molar-refractivity contribution in [1.82, 2.24) is 14.5 Å². The minimum Gasteiger partial charge on any atom is -0.373 e. The van der Waals surface area contributed by atoms with Crippen molar-refractivity contribution < 1.29 is 14.3 Å². The van der Waals surface area contributed by atoms with E-state index in [1.54, 1.807) is 11.1 Å². The molecule has 0 aliphatic heterocycles. The van der Waals surface area contributed by atoms with Gasteiger partial charge in [0, 0.05) is 25.5 Å². The van der Waals surface area contributed by atoms with E-state index in [9.17, 15) is 9.59 Å². The molecule has 2 rings (SSSR count). The predicted molar refractivity (Wildman–Crippen MR) is 114 cm³/mol. The highest BCUT2D eigenvalue weighted by Gasteiger charge is 2.25. The third-order valence-corrected chi connectivity index (χ3v) is 4.73. The summed E-state index contributed by atoms with van der Waals surface area (Å²) >= 11 is 0. The van der Waals surface area contributed by atoms with Gasteiger partial charge >= 0.3 is 0 Å². The maximum Gasteiger partial charge on any atom is 0.227 e. The highest BCUT2D eigenvalue weighted by atomic mass is 16.5. The molecule has 0 aliphatic rings. The average Bonchev–Trinajstić information content (AvgIpc) is 3.08. The highest BCUT2D eigenvalue weighted by molar-refractivity contribution is 5.82. The summed E-state index contributed by atoms with van der Waals surface area (Å²) in [6.45, 7) is 9.37. The Kier molecular flexibility index (Phi) is 8.58. The molecule has 0 N–H and O–H groups in total. The lowest BCUT2D eigenvalue weighted by Gasteiger charge is -2.31. The molecule has 2 aromatic rings. The first-order chi connectivity index (χ1) is 13.8. The van der Waals surface area contributed by atoms with Crippen LogP contribution in [0.1, 0.15) is 45.0 Å². The number of hydrogen-bond donors (Lipinski definition) is 0. The number of carbonyl (C=O) groups is 2. The number of unbranched alkanes of at least 4 members (excludes halogenated alkanes) is 1. The van der Waals surface area contributed by atoms with Gasteiger partial charge in [0.2, 0.25) is 5.91 Å². The Hall–Kier alpha value is -2.47. The van der Waals surface area contributed by atoms with Gasteiger partial charge in [0.25, 0.3) is 0 Å². The molecule has 6 heteroatoms. The zero-order valence-electron chi connectivity index (χ0n) is 18.0. The molecule has 1 aromatic carbocycles. The van der Waals surface area contributed by atoms with Gasteiger partial charge in [-0.05, 0) is 46.1 Å². The summed E-state index contributed by atoms with van der Waals surface area (Å²) in [5.41, 5.74) is 0.576. The number of benzene rings is 1. The fourth-order valence-electron chi connectivity index (χ4n) is 3.09. The molecule has 0 aliphatic carbocycles. The van der Waals surface area contributed by atoms with Crippen LogP contribution in [-0.4, -0.2) is 51.4 Å². The molecule has 0 spiro atoms. The molecular weight excluding hydrogens is 366 g/mol. The zero-order chi connectivity index (χ0) is 21.3. The fraction of sp³-hybridized carbons (Fsp3) is 0.522. The maximum atomic E-state index is 13.0. The number of hydrogen-bond acceptors (Lipinski definition) is 4. The summed E-state index contributed by atoms with van der Waals surface area (Å²) in [6, 6.07) is 9.04. The number of carbonyl (C=O) groups excluding carboxylic acids is 2. The predicted octanol–water partition coefficient (Wildman–Crippen LogP) is 3.43. The number of aromatic nitrogens is 2. The molecule has 0 fully saturated rings. The second-order valence-corrected chi connectivity index (χ2v) is 8.25. The van der Waals surface area contributed by atoms with Gasteiger partial charge in [0.05, 0.1) is 18.6 Å². The van der Waals surface area contributed by atoms with Crippen LogP contribution in [0.15, 0.2) is 42.7 Å². The first-order valence-electron chi connectivity index (χ1n) is 10.2. The minimum atomic E-state index is -0.583. The Morgan fingerprint density at radius 1 is 1.24 bits per heavy atom. The number of amides is 1. The van der Waals surface area contributed by atoms with E-state index in [2.05, 4.69) is 9.55 Å². The van der Waals surface area contributed by atoms with E-state index in [4.69, 9.17) is 4.74 Å². The third kappa shape index (κ3) is 7.81. The van der Waals surface area contributed by atoms with Crippen molar-refractivity contribution >= 4 is 12.2 Å². The minimum absolute atomic E-state index is 0.0513. The zero-order valence-corrected chi connectivity index (χ0v) is 18.0. The number of nitrogens with zero attached hydrogens (tertiary/aromatic N) is 3. The number of imidazole rings is 1. The molecule has 0 radical (unpaired) electrons. The summed E-state index contributed by atoms with van der Waals surface area (Å²) in [6.07, 6.45) is 6.56. The molecular formula is C23H33N3O3. The Morgan fingerprint density at radius 2 is 1.97 bits per heavy atom. The standard InChI is InChI=1S/C23H33N3O3/c1-19-24-12-15-25(19)13-8-9-14-26(21(17-27)18-29-23(2,3)4)22(28)16-20-10-6-5-7-11-20/h5-7,10-12,15,17,21H,8-9,13-14,16,18H2,1-4H3/t21-/m1/s1. The second-order valence-electron chi connectivity index (χ2n) is 8.25. The van der Waals surface area contributed by atoms with E-state index in [0.29, 0.717) is 6.54 Å². The van der Waals surface area contributed by atoms with Gasteiger partial charge in [-0.3, -0.25) is 4.79 Å². The molecule has 158 valence electrons. The van der Waals surface area contributed by atoms with E-state index >= 15 is 0 Å². The molecule has 1 atom stereocenters. The quantitative estimate of drug-likeness (QED) is 0.429. The van der Waals surface area contributed by atoms with Gasteiger partial charge in [-0.25, -0.2) is 4.98 Å². The number of rotatable bonds is 11. The normalized spacial score (nSPS) is 12.6. The van der Waals surface area contributed by atoms with Gasteiger partial charge < -0.3 is 19.0 Å². The van der Waals surface area contributed by atoms with Crippen LogP contribution in [0.5, 0.6) is 0 Å². The van der Waals surface area contributed by atoms with Crippen molar-refractivity contribution in [2.24, 2.45) is 0 Å². The smallest absolute Gasteiger partial charge is 0.227 e.